The Morgan fingerprint density at radius 1 is 1.09 bits per heavy atom. The molecule has 2 aromatic rings. The van der Waals surface area contributed by atoms with E-state index in [0.717, 1.165) is 17.0 Å². The maximum Gasteiger partial charge on any atom is 0.526 e. The smallest absolute Gasteiger partial charge is 0.526 e. The van der Waals surface area contributed by atoms with Gasteiger partial charge in [0.2, 0.25) is 10.0 Å². The monoisotopic (exact) mass is 648 g/mol. The molecule has 0 spiro atoms. The first-order valence-electron chi connectivity index (χ1n) is 13.8. The van der Waals surface area contributed by atoms with E-state index in [1.165, 1.54) is 24.3 Å². The Labute approximate surface area is 257 Å². The van der Waals surface area contributed by atoms with Gasteiger partial charge < -0.3 is 30.1 Å². The summed E-state index contributed by atoms with van der Waals surface area (Å²) in [4.78, 5) is 64.8. The number of aliphatic hydroxyl groups is 1. The molecule has 0 bridgehead atoms. The van der Waals surface area contributed by atoms with Crippen LogP contribution in [0.4, 0.5) is 9.18 Å². The van der Waals surface area contributed by atoms with Gasteiger partial charge in [0.1, 0.15) is 18.5 Å². The summed E-state index contributed by atoms with van der Waals surface area (Å²) in [6.45, 7) is -2.30. The van der Waals surface area contributed by atoms with Crippen molar-refractivity contribution in [3.8, 4) is 5.75 Å². The van der Waals surface area contributed by atoms with Crippen LogP contribution < -0.4 is 14.7 Å². The Balaban J connectivity index is 1.59. The average molecular weight is 648 g/mol. The van der Waals surface area contributed by atoms with E-state index in [0.29, 0.717) is 10.5 Å². The van der Waals surface area contributed by atoms with Crippen LogP contribution in [0.3, 0.4) is 0 Å². The number of aromatic carboxylic acids is 1. The van der Waals surface area contributed by atoms with Crippen molar-refractivity contribution in [1.29, 1.82) is 0 Å². The van der Waals surface area contributed by atoms with Crippen molar-refractivity contribution in [1.82, 2.24) is 19.8 Å². The number of piperazine rings is 1. The highest BCUT2D eigenvalue weighted by molar-refractivity contribution is 7.89. The molecule has 4 rings (SSSR count). The molecule has 0 radical (unpaired) electrons. The number of imide groups is 1. The zero-order valence-corrected chi connectivity index (χ0v) is 24.5. The number of aliphatic hydroxyl groups excluding tert-OH is 1. The summed E-state index contributed by atoms with van der Waals surface area (Å²) < 4.78 is 45.3. The number of urea groups is 1. The first-order valence-corrected chi connectivity index (χ1v) is 15.3. The molecule has 5 N–H and O–H groups in total. The van der Waals surface area contributed by atoms with Gasteiger partial charge in [-0.2, -0.15) is 0 Å². The fraction of sp³-hybridized carbons (Fsp3) is 0.370. The number of nitrogens with zero attached hydrogens (tertiary/aromatic N) is 2. The zero-order chi connectivity index (χ0) is 32.9. The van der Waals surface area contributed by atoms with Gasteiger partial charge in [0, 0.05) is 38.4 Å². The van der Waals surface area contributed by atoms with Crippen molar-refractivity contribution in [3.05, 3.63) is 59.2 Å². The second-order valence-corrected chi connectivity index (χ2v) is 12.0. The van der Waals surface area contributed by atoms with Gasteiger partial charge in [0.15, 0.2) is 5.78 Å². The SMILES string of the molecule is O=C(O)c1cccc2c1OB(O)[C@@H](CC(=O)C(NC(=O)N1CCN(CCF)C(=O)C1=O)c1ccc(S(=O)(=O)NCCO)cc1)C2. The van der Waals surface area contributed by atoms with Crippen LogP contribution in [0.15, 0.2) is 47.4 Å². The number of halogens is 1. The number of Topliss-reactive ketones (excluding diaryl/α,β-unsaturated/α-hetero) is 1. The number of ketones is 1. The Morgan fingerprint density at radius 3 is 2.44 bits per heavy atom. The molecular weight excluding hydrogens is 618 g/mol. The summed E-state index contributed by atoms with van der Waals surface area (Å²) in [5, 5.41) is 31.5. The molecule has 15 nitrogen and oxygen atoms in total. The van der Waals surface area contributed by atoms with Gasteiger partial charge in [-0.25, -0.2) is 27.1 Å². The fourth-order valence-corrected chi connectivity index (χ4v) is 6.06. The second-order valence-electron chi connectivity index (χ2n) is 10.3. The lowest BCUT2D eigenvalue weighted by atomic mass is 9.64. The van der Waals surface area contributed by atoms with Crippen molar-refractivity contribution < 1.29 is 56.7 Å². The number of carbonyl (C=O) groups is 5. The summed E-state index contributed by atoms with van der Waals surface area (Å²) in [5.74, 6) is -5.19. The van der Waals surface area contributed by atoms with Crippen LogP contribution in [-0.4, -0.2) is 110 Å². The van der Waals surface area contributed by atoms with Crippen LogP contribution in [-0.2, 0) is 30.8 Å². The number of hydrogen-bond donors (Lipinski definition) is 5. The van der Waals surface area contributed by atoms with Crippen LogP contribution in [0.5, 0.6) is 5.75 Å². The van der Waals surface area contributed by atoms with Crippen LogP contribution in [0.1, 0.15) is 33.9 Å². The summed E-state index contributed by atoms with van der Waals surface area (Å²) in [6.07, 6.45) is -0.362. The minimum absolute atomic E-state index is 0.0345. The number of para-hydroxylation sites is 1. The number of nitrogens with one attached hydrogen (secondary N) is 2. The topological polar surface area (TPSA) is 220 Å². The average Bonchev–Trinajstić information content (AvgIpc) is 3.01. The lowest BCUT2D eigenvalue weighted by molar-refractivity contribution is -0.153. The standard InChI is InChI=1S/C27H30BFN4O11S/c29-8-10-32-11-12-33(25(37)24(32)36)27(40)31-22(16-4-6-19(7-5-16)45(42,43)30-9-13-34)21(35)15-18-14-17-2-1-3-20(26(38)39)23(17)44-28(18)41/h1-7,18,22,30,34,41H,8-15H2,(H,31,40)(H,38,39)/t18-,22?/m1/s1. The summed E-state index contributed by atoms with van der Waals surface area (Å²) in [6, 6.07) is 6.60. The molecule has 18 heteroatoms. The maximum atomic E-state index is 13.7. The van der Waals surface area contributed by atoms with E-state index < -0.39 is 78.3 Å². The highest BCUT2D eigenvalue weighted by atomic mass is 32.2. The van der Waals surface area contributed by atoms with Gasteiger partial charge >= 0.3 is 30.9 Å². The van der Waals surface area contributed by atoms with E-state index in [9.17, 15) is 46.9 Å². The number of alkyl halides is 1. The number of rotatable bonds is 12. The van der Waals surface area contributed by atoms with Crippen LogP contribution in [0.2, 0.25) is 5.82 Å². The van der Waals surface area contributed by atoms with Crippen LogP contribution in [0, 0.1) is 0 Å². The molecule has 4 amide bonds. The summed E-state index contributed by atoms with van der Waals surface area (Å²) in [7, 11) is -5.60. The molecule has 240 valence electrons. The minimum Gasteiger partial charge on any atom is -0.535 e. The van der Waals surface area contributed by atoms with Gasteiger partial charge in [-0.05, 0) is 35.7 Å². The van der Waals surface area contributed by atoms with Gasteiger partial charge in [-0.15, -0.1) is 0 Å². The molecule has 0 aromatic heterocycles. The molecule has 0 aliphatic carbocycles. The van der Waals surface area contributed by atoms with E-state index in [2.05, 4.69) is 10.0 Å². The third kappa shape index (κ3) is 7.47. The number of amides is 4. The summed E-state index contributed by atoms with van der Waals surface area (Å²) >= 11 is 0. The first kappa shape index (κ1) is 33.5. The molecule has 2 aliphatic heterocycles. The molecule has 2 aliphatic rings. The Kier molecular flexibility index (Phi) is 10.5. The third-order valence-corrected chi connectivity index (χ3v) is 8.82. The Bertz CT molecular complexity index is 1590. The van der Waals surface area contributed by atoms with Gasteiger partial charge in [-0.1, -0.05) is 24.3 Å². The van der Waals surface area contributed by atoms with Crippen molar-refractivity contribution >= 4 is 46.7 Å². The van der Waals surface area contributed by atoms with Crippen LogP contribution in [0.25, 0.3) is 0 Å². The normalized spacial score (nSPS) is 17.4. The van der Waals surface area contributed by atoms with E-state index in [4.69, 9.17) is 9.76 Å². The first-order chi connectivity index (χ1) is 21.4. The Hall–Kier alpha value is -4.39. The predicted molar refractivity (Wildman–Crippen MR) is 153 cm³/mol. The number of fused-ring (bicyclic) bond motifs is 1. The van der Waals surface area contributed by atoms with Crippen molar-refractivity contribution in [3.63, 3.8) is 0 Å². The number of carboxylic acids is 1. The van der Waals surface area contributed by atoms with Crippen molar-refractivity contribution in [2.45, 2.75) is 29.6 Å². The van der Waals surface area contributed by atoms with E-state index in [1.54, 1.807) is 6.07 Å². The highest BCUT2D eigenvalue weighted by Gasteiger charge is 2.41. The number of carboxylic acid groups (broad SMARTS) is 1. The summed E-state index contributed by atoms with van der Waals surface area (Å²) in [5.41, 5.74) is 0.360. The van der Waals surface area contributed by atoms with E-state index in [-0.39, 0.29) is 54.4 Å². The molecule has 1 fully saturated rings. The quantitative estimate of drug-likeness (QED) is 0.146. The lowest BCUT2D eigenvalue weighted by Gasteiger charge is -2.33. The largest absolute Gasteiger partial charge is 0.535 e. The molecule has 2 atom stereocenters. The number of hydrogen-bond acceptors (Lipinski definition) is 10. The van der Waals surface area contributed by atoms with E-state index in [1.807, 2.05) is 0 Å². The molecule has 1 unspecified atom stereocenters. The van der Waals surface area contributed by atoms with E-state index >= 15 is 0 Å². The number of sulfonamides is 1. The van der Waals surface area contributed by atoms with Crippen LogP contribution >= 0.6 is 0 Å². The van der Waals surface area contributed by atoms with Gasteiger partial charge in [0.05, 0.1) is 17.1 Å². The molecule has 2 aromatic carbocycles. The molecule has 0 saturated carbocycles. The second kappa shape index (κ2) is 14.1. The minimum atomic E-state index is -4.01. The molecule has 1 saturated heterocycles. The lowest BCUT2D eigenvalue weighted by Crippen LogP contribution is -2.59. The van der Waals surface area contributed by atoms with Crippen molar-refractivity contribution in [2.75, 3.05) is 39.5 Å². The molecular formula is C27H30BFN4O11S. The fourth-order valence-electron chi connectivity index (χ4n) is 5.04. The Morgan fingerprint density at radius 2 is 1.80 bits per heavy atom. The highest BCUT2D eigenvalue weighted by Crippen LogP contribution is 2.37. The number of carbonyl (C=O) groups excluding carboxylic acids is 4. The van der Waals surface area contributed by atoms with Gasteiger partial charge in [0.25, 0.3) is 0 Å². The molecule has 2 heterocycles. The maximum absolute atomic E-state index is 13.7. The third-order valence-electron chi connectivity index (χ3n) is 7.34. The molecule has 45 heavy (non-hydrogen) atoms. The predicted octanol–water partition coefficient (Wildman–Crippen LogP) is -0.509. The number of benzene rings is 2. The van der Waals surface area contributed by atoms with Gasteiger partial charge in [-0.3, -0.25) is 19.3 Å². The van der Waals surface area contributed by atoms with Crippen molar-refractivity contribution in [2.24, 2.45) is 0 Å². The zero-order valence-electron chi connectivity index (χ0n) is 23.7.